The van der Waals surface area contributed by atoms with Crippen molar-refractivity contribution in [2.45, 2.75) is 20.3 Å². The van der Waals surface area contributed by atoms with Gasteiger partial charge in [0.15, 0.2) is 0 Å². The van der Waals surface area contributed by atoms with Gasteiger partial charge in [-0.25, -0.2) is 9.37 Å². The van der Waals surface area contributed by atoms with Crippen molar-refractivity contribution in [1.29, 1.82) is 5.26 Å². The van der Waals surface area contributed by atoms with Crippen molar-refractivity contribution in [2.75, 3.05) is 25.0 Å². The van der Waals surface area contributed by atoms with E-state index in [1.807, 2.05) is 26.1 Å². The SMILES string of the molecule is Cc1c(C#N)c(NC(=O)CN2CC=C(c3c[nH]c4ncccc34)CC2)n(-c2cccc(F)c2)c1C. The van der Waals surface area contributed by atoms with Gasteiger partial charge in [-0.05, 0) is 61.7 Å². The maximum atomic E-state index is 13.9. The Hall–Kier alpha value is -4.22. The number of hydrogen-bond donors (Lipinski definition) is 2. The molecule has 8 heteroatoms. The van der Waals surface area contributed by atoms with Crippen molar-refractivity contribution in [3.05, 3.63) is 83.1 Å². The number of aromatic amines is 1. The minimum absolute atomic E-state index is 0.191. The van der Waals surface area contributed by atoms with Crippen molar-refractivity contribution in [1.82, 2.24) is 19.4 Å². The molecule has 2 N–H and O–H groups in total. The first kappa shape index (κ1) is 22.6. The molecule has 0 aliphatic carbocycles. The van der Waals surface area contributed by atoms with Crippen molar-refractivity contribution in [2.24, 2.45) is 0 Å². The molecule has 3 aromatic heterocycles. The normalized spacial score (nSPS) is 14.1. The molecule has 0 saturated carbocycles. The van der Waals surface area contributed by atoms with Crippen LogP contribution in [0.2, 0.25) is 0 Å². The van der Waals surface area contributed by atoms with Crippen LogP contribution in [-0.4, -0.2) is 45.0 Å². The second-order valence-electron chi connectivity index (χ2n) is 8.73. The molecule has 0 unspecified atom stereocenters. The molecule has 4 aromatic rings. The van der Waals surface area contributed by atoms with Gasteiger partial charge in [-0.2, -0.15) is 5.26 Å². The summed E-state index contributed by atoms with van der Waals surface area (Å²) < 4.78 is 15.6. The molecule has 7 nitrogen and oxygen atoms in total. The maximum absolute atomic E-state index is 13.9. The van der Waals surface area contributed by atoms with E-state index in [-0.39, 0.29) is 18.3 Å². The first-order chi connectivity index (χ1) is 17.0. The summed E-state index contributed by atoms with van der Waals surface area (Å²) in [5, 5.41) is 13.8. The predicted molar refractivity (Wildman–Crippen MR) is 134 cm³/mol. The van der Waals surface area contributed by atoms with E-state index in [4.69, 9.17) is 0 Å². The molecule has 0 fully saturated rings. The average Bonchev–Trinajstić information content (AvgIpc) is 3.38. The van der Waals surface area contributed by atoms with Gasteiger partial charge in [0.05, 0.1) is 17.8 Å². The molecule has 4 heterocycles. The summed E-state index contributed by atoms with van der Waals surface area (Å²) in [6.07, 6.45) is 6.72. The molecule has 1 aliphatic heterocycles. The second kappa shape index (κ2) is 9.20. The lowest BCUT2D eigenvalue weighted by atomic mass is 9.99. The third kappa shape index (κ3) is 4.22. The van der Waals surface area contributed by atoms with Gasteiger partial charge in [0.25, 0.3) is 0 Å². The number of benzene rings is 1. The topological polar surface area (TPSA) is 89.7 Å². The van der Waals surface area contributed by atoms with E-state index in [1.165, 1.54) is 17.7 Å². The molecule has 176 valence electrons. The van der Waals surface area contributed by atoms with Crippen molar-refractivity contribution in [3.8, 4) is 11.8 Å². The molecule has 0 atom stereocenters. The number of fused-ring (bicyclic) bond motifs is 1. The minimum atomic E-state index is -0.383. The van der Waals surface area contributed by atoms with Crippen LogP contribution in [0, 0.1) is 31.0 Å². The van der Waals surface area contributed by atoms with Gasteiger partial charge in [0.1, 0.15) is 23.4 Å². The van der Waals surface area contributed by atoms with Crippen molar-refractivity contribution >= 4 is 28.3 Å². The number of aromatic nitrogens is 3. The first-order valence-corrected chi connectivity index (χ1v) is 11.5. The number of nitriles is 1. The molecule has 0 radical (unpaired) electrons. The zero-order valence-corrected chi connectivity index (χ0v) is 19.6. The molecule has 0 spiro atoms. The van der Waals surface area contributed by atoms with Gasteiger partial charge in [-0.15, -0.1) is 0 Å². The quantitative estimate of drug-likeness (QED) is 0.444. The van der Waals surface area contributed by atoms with Crippen molar-refractivity contribution in [3.63, 3.8) is 0 Å². The van der Waals surface area contributed by atoms with Gasteiger partial charge < -0.3 is 10.3 Å². The lowest BCUT2D eigenvalue weighted by Crippen LogP contribution is -2.36. The summed E-state index contributed by atoms with van der Waals surface area (Å²) in [4.78, 5) is 22.7. The standard InChI is InChI=1S/C27H25FN6O/c1-17-18(2)34(21-6-3-5-20(28)13-21)27(23(17)14-29)32-25(35)16-33-11-8-19(9-12-33)24-15-31-26-22(24)7-4-10-30-26/h3-8,10,13,15H,9,11-12,16H2,1-2H3,(H,30,31)(H,32,35). The number of nitrogens with zero attached hydrogens (tertiary/aromatic N) is 4. The third-order valence-electron chi connectivity index (χ3n) is 6.61. The van der Waals surface area contributed by atoms with E-state index in [9.17, 15) is 14.4 Å². The Bertz CT molecular complexity index is 1510. The number of nitrogens with one attached hydrogen (secondary N) is 2. The predicted octanol–water partition coefficient (Wildman–Crippen LogP) is 4.71. The number of carbonyl (C=O) groups is 1. The number of amides is 1. The Morgan fingerprint density at radius 2 is 2.14 bits per heavy atom. The lowest BCUT2D eigenvalue weighted by Gasteiger charge is -2.26. The van der Waals surface area contributed by atoms with Gasteiger partial charge in [0.2, 0.25) is 5.91 Å². The van der Waals surface area contributed by atoms with Crippen LogP contribution < -0.4 is 5.32 Å². The van der Waals surface area contributed by atoms with E-state index in [2.05, 4.69) is 38.4 Å². The number of rotatable bonds is 5. The lowest BCUT2D eigenvalue weighted by molar-refractivity contribution is -0.117. The van der Waals surface area contributed by atoms with Gasteiger partial charge in [0, 0.05) is 42.1 Å². The van der Waals surface area contributed by atoms with Crippen LogP contribution in [0.15, 0.2) is 54.9 Å². The number of H-pyrrole nitrogens is 1. The van der Waals surface area contributed by atoms with E-state index < -0.39 is 0 Å². The number of carbonyl (C=O) groups excluding carboxylic acids is 1. The summed E-state index contributed by atoms with van der Waals surface area (Å²) in [6, 6.07) is 12.3. The highest BCUT2D eigenvalue weighted by atomic mass is 19.1. The molecular formula is C27H25FN6O. The van der Waals surface area contributed by atoms with E-state index in [0.717, 1.165) is 40.8 Å². The summed E-state index contributed by atoms with van der Waals surface area (Å²) in [5.74, 6) is -0.228. The van der Waals surface area contributed by atoms with E-state index in [0.29, 0.717) is 23.6 Å². The number of anilines is 1. The van der Waals surface area contributed by atoms with Crippen LogP contribution in [0.25, 0.3) is 22.3 Å². The maximum Gasteiger partial charge on any atom is 0.239 e. The zero-order valence-electron chi connectivity index (χ0n) is 19.6. The van der Waals surface area contributed by atoms with Crippen LogP contribution in [0.5, 0.6) is 0 Å². The molecule has 1 aliphatic rings. The summed E-state index contributed by atoms with van der Waals surface area (Å²) in [6.45, 7) is 5.25. The molecular weight excluding hydrogens is 443 g/mol. The smallest absolute Gasteiger partial charge is 0.239 e. The largest absolute Gasteiger partial charge is 0.346 e. The van der Waals surface area contributed by atoms with Crippen LogP contribution in [0.3, 0.4) is 0 Å². The summed E-state index contributed by atoms with van der Waals surface area (Å²) >= 11 is 0. The Labute approximate surface area is 202 Å². The van der Waals surface area contributed by atoms with E-state index in [1.54, 1.807) is 22.9 Å². The van der Waals surface area contributed by atoms with Gasteiger partial charge >= 0.3 is 0 Å². The summed E-state index contributed by atoms with van der Waals surface area (Å²) in [5.41, 5.74) is 5.72. The Morgan fingerprint density at radius 3 is 2.89 bits per heavy atom. The van der Waals surface area contributed by atoms with Gasteiger partial charge in [-0.3, -0.25) is 14.3 Å². The molecule has 1 aromatic carbocycles. The zero-order chi connectivity index (χ0) is 24.5. The fraction of sp³-hybridized carbons (Fsp3) is 0.222. The fourth-order valence-corrected chi connectivity index (χ4v) is 4.69. The summed E-state index contributed by atoms with van der Waals surface area (Å²) in [7, 11) is 0. The minimum Gasteiger partial charge on any atom is -0.346 e. The Balaban J connectivity index is 1.33. The molecule has 35 heavy (non-hydrogen) atoms. The number of hydrogen-bond acceptors (Lipinski definition) is 4. The van der Waals surface area contributed by atoms with E-state index >= 15 is 0 Å². The van der Waals surface area contributed by atoms with Crippen LogP contribution >= 0.6 is 0 Å². The van der Waals surface area contributed by atoms with Gasteiger partial charge in [-0.1, -0.05) is 12.1 Å². The highest BCUT2D eigenvalue weighted by Gasteiger charge is 2.23. The van der Waals surface area contributed by atoms with Crippen molar-refractivity contribution < 1.29 is 9.18 Å². The second-order valence-corrected chi connectivity index (χ2v) is 8.73. The molecule has 5 rings (SSSR count). The number of pyridine rings is 1. The first-order valence-electron chi connectivity index (χ1n) is 11.5. The molecule has 0 bridgehead atoms. The highest BCUT2D eigenvalue weighted by molar-refractivity contribution is 5.94. The average molecular weight is 469 g/mol. The monoisotopic (exact) mass is 468 g/mol. The van der Waals surface area contributed by atoms with Crippen LogP contribution in [-0.2, 0) is 4.79 Å². The van der Waals surface area contributed by atoms with Crippen LogP contribution in [0.1, 0.15) is 28.8 Å². The molecule has 1 amide bonds. The fourth-order valence-electron chi connectivity index (χ4n) is 4.69. The third-order valence-corrected chi connectivity index (χ3v) is 6.61. The molecule has 0 saturated heterocycles. The highest BCUT2D eigenvalue weighted by Crippen LogP contribution is 2.31. The Morgan fingerprint density at radius 1 is 1.29 bits per heavy atom. The van der Waals surface area contributed by atoms with Crippen LogP contribution in [0.4, 0.5) is 10.2 Å². The Kier molecular flexibility index (Phi) is 5.93. The number of halogens is 1.